The number of hydrogen-bond acceptors (Lipinski definition) is 5. The Bertz CT molecular complexity index is 1030. The van der Waals surface area contributed by atoms with E-state index < -0.39 is 18.1 Å². The van der Waals surface area contributed by atoms with Crippen LogP contribution in [0.2, 0.25) is 0 Å². The maximum atomic E-state index is 13.7. The first-order valence-corrected chi connectivity index (χ1v) is 10.2. The van der Waals surface area contributed by atoms with Crippen molar-refractivity contribution in [3.63, 3.8) is 0 Å². The molecule has 1 atom stereocenters. The number of benzene rings is 1. The molecule has 4 rings (SSSR count). The molecule has 0 spiro atoms. The second-order valence-corrected chi connectivity index (χ2v) is 7.83. The van der Waals surface area contributed by atoms with Crippen molar-refractivity contribution >= 4 is 11.7 Å². The maximum Gasteiger partial charge on any atom is 0.408 e. The first-order chi connectivity index (χ1) is 14.9. The average molecular weight is 430 g/mol. The smallest absolute Gasteiger partial charge is 0.408 e. The molecule has 0 bridgehead atoms. The number of aliphatic hydroxyl groups excluding tert-OH is 1. The SMILES string of the molecule is O=C(N[C@H](c1cn2nc(CO)ccc2n1)C1CCC(F)(F)CC1)OCc1ccccc1. The van der Waals surface area contributed by atoms with E-state index in [2.05, 4.69) is 15.4 Å². The molecular weight excluding hydrogens is 406 g/mol. The molecule has 0 saturated heterocycles. The summed E-state index contributed by atoms with van der Waals surface area (Å²) in [5.41, 5.74) is 2.38. The molecule has 0 radical (unpaired) electrons. The van der Waals surface area contributed by atoms with Gasteiger partial charge in [0.15, 0.2) is 5.65 Å². The highest BCUT2D eigenvalue weighted by molar-refractivity contribution is 5.68. The minimum atomic E-state index is -2.68. The van der Waals surface area contributed by atoms with Crippen LogP contribution in [-0.4, -0.2) is 31.7 Å². The molecule has 31 heavy (non-hydrogen) atoms. The van der Waals surface area contributed by atoms with Gasteiger partial charge in [-0.25, -0.2) is 23.1 Å². The van der Waals surface area contributed by atoms with Crippen LogP contribution in [0.3, 0.4) is 0 Å². The number of nitrogens with one attached hydrogen (secondary N) is 1. The summed E-state index contributed by atoms with van der Waals surface area (Å²) in [5, 5.41) is 16.4. The quantitative estimate of drug-likeness (QED) is 0.617. The number of nitrogens with zero attached hydrogens (tertiary/aromatic N) is 3. The number of halogens is 2. The Morgan fingerprint density at radius 2 is 1.97 bits per heavy atom. The molecule has 1 aliphatic carbocycles. The third-order valence-electron chi connectivity index (χ3n) is 5.59. The number of carbonyl (C=O) groups excluding carboxylic acids is 1. The zero-order valence-electron chi connectivity index (χ0n) is 16.9. The van der Waals surface area contributed by atoms with Crippen LogP contribution in [0.1, 0.15) is 48.7 Å². The van der Waals surface area contributed by atoms with E-state index in [9.17, 15) is 18.7 Å². The van der Waals surface area contributed by atoms with E-state index in [-0.39, 0.29) is 44.8 Å². The largest absolute Gasteiger partial charge is 0.445 e. The van der Waals surface area contributed by atoms with Crippen molar-refractivity contribution in [2.75, 3.05) is 0 Å². The molecule has 1 saturated carbocycles. The Morgan fingerprint density at radius 3 is 2.68 bits per heavy atom. The second-order valence-electron chi connectivity index (χ2n) is 7.83. The highest BCUT2D eigenvalue weighted by Gasteiger charge is 2.39. The zero-order chi connectivity index (χ0) is 21.8. The highest BCUT2D eigenvalue weighted by Crippen LogP contribution is 2.41. The number of rotatable bonds is 6. The molecule has 1 aliphatic rings. The number of alkyl halides is 2. The van der Waals surface area contributed by atoms with Gasteiger partial charge < -0.3 is 15.2 Å². The first-order valence-electron chi connectivity index (χ1n) is 10.2. The lowest BCUT2D eigenvalue weighted by Gasteiger charge is -2.33. The van der Waals surface area contributed by atoms with Crippen LogP contribution >= 0.6 is 0 Å². The Morgan fingerprint density at radius 1 is 1.23 bits per heavy atom. The van der Waals surface area contributed by atoms with E-state index in [1.54, 1.807) is 18.3 Å². The van der Waals surface area contributed by atoms with Crippen molar-refractivity contribution in [1.82, 2.24) is 19.9 Å². The Balaban J connectivity index is 1.53. The molecule has 7 nitrogen and oxygen atoms in total. The summed E-state index contributed by atoms with van der Waals surface area (Å²) in [4.78, 5) is 17.1. The summed E-state index contributed by atoms with van der Waals surface area (Å²) in [5.74, 6) is -2.88. The molecular formula is C22H24F2N4O3. The predicted octanol–water partition coefficient (Wildman–Crippen LogP) is 4.01. The number of carbonyl (C=O) groups is 1. The van der Waals surface area contributed by atoms with E-state index in [0.29, 0.717) is 17.0 Å². The van der Waals surface area contributed by atoms with E-state index in [4.69, 9.17) is 4.74 Å². The molecule has 0 unspecified atom stereocenters. The summed E-state index contributed by atoms with van der Waals surface area (Å²) in [7, 11) is 0. The average Bonchev–Trinajstić information content (AvgIpc) is 3.20. The third-order valence-corrected chi connectivity index (χ3v) is 5.59. The number of ether oxygens (including phenoxy) is 1. The molecule has 2 heterocycles. The van der Waals surface area contributed by atoms with E-state index in [1.807, 2.05) is 30.3 Å². The fraction of sp³-hybridized carbons (Fsp3) is 0.409. The number of hydrogen-bond donors (Lipinski definition) is 2. The van der Waals surface area contributed by atoms with Gasteiger partial charge in [0.2, 0.25) is 5.92 Å². The van der Waals surface area contributed by atoms with Crippen LogP contribution in [0.25, 0.3) is 5.65 Å². The van der Waals surface area contributed by atoms with Gasteiger partial charge >= 0.3 is 6.09 Å². The minimum Gasteiger partial charge on any atom is -0.445 e. The number of amides is 1. The highest BCUT2D eigenvalue weighted by atomic mass is 19.3. The van der Waals surface area contributed by atoms with Gasteiger partial charge in [-0.05, 0) is 36.5 Å². The van der Waals surface area contributed by atoms with Crippen molar-refractivity contribution in [1.29, 1.82) is 0 Å². The number of fused-ring (bicyclic) bond motifs is 1. The number of aliphatic hydroxyl groups is 1. The normalized spacial score (nSPS) is 17.4. The summed E-state index contributed by atoms with van der Waals surface area (Å²) in [6.45, 7) is -0.108. The number of alkyl carbamates (subject to hydrolysis) is 1. The number of aromatic nitrogens is 3. The van der Waals surface area contributed by atoms with E-state index in [0.717, 1.165) is 5.56 Å². The topological polar surface area (TPSA) is 88.8 Å². The van der Waals surface area contributed by atoms with Crippen molar-refractivity contribution in [2.24, 2.45) is 5.92 Å². The lowest BCUT2D eigenvalue weighted by Crippen LogP contribution is -2.37. The summed E-state index contributed by atoms with van der Waals surface area (Å²) in [6, 6.07) is 12.1. The van der Waals surface area contributed by atoms with Gasteiger partial charge in [-0.3, -0.25) is 0 Å². The lowest BCUT2D eigenvalue weighted by atomic mass is 9.81. The molecule has 164 valence electrons. The van der Waals surface area contributed by atoms with Gasteiger partial charge in [-0.1, -0.05) is 30.3 Å². The van der Waals surface area contributed by atoms with Gasteiger partial charge in [0.05, 0.1) is 30.2 Å². The summed E-state index contributed by atoms with van der Waals surface area (Å²) >= 11 is 0. The van der Waals surface area contributed by atoms with E-state index in [1.165, 1.54) is 4.52 Å². The van der Waals surface area contributed by atoms with Crippen molar-refractivity contribution in [2.45, 2.75) is 50.9 Å². The van der Waals surface area contributed by atoms with Crippen molar-refractivity contribution in [3.05, 3.63) is 65.6 Å². The fourth-order valence-electron chi connectivity index (χ4n) is 3.89. The lowest BCUT2D eigenvalue weighted by molar-refractivity contribution is -0.0497. The maximum absolute atomic E-state index is 13.7. The monoisotopic (exact) mass is 430 g/mol. The summed E-state index contributed by atoms with van der Waals surface area (Å²) < 4.78 is 34.3. The first kappa shape index (κ1) is 21.2. The van der Waals surface area contributed by atoms with E-state index >= 15 is 0 Å². The van der Waals surface area contributed by atoms with Gasteiger partial charge in [-0.2, -0.15) is 5.10 Å². The van der Waals surface area contributed by atoms with Gasteiger partial charge in [0.1, 0.15) is 6.61 Å². The standard InChI is InChI=1S/C22H24F2N4O3/c23-22(24)10-8-16(9-11-22)20(26-21(30)31-14-15-4-2-1-3-5-15)18-12-28-19(25-18)7-6-17(13-29)27-28/h1-7,12,16,20,29H,8-11,13-14H2,(H,26,30)/t20-/m0/s1. The van der Waals surface area contributed by atoms with Crippen LogP contribution in [-0.2, 0) is 18.0 Å². The van der Waals surface area contributed by atoms with Crippen molar-refractivity contribution < 1.29 is 23.4 Å². The summed E-state index contributed by atoms with van der Waals surface area (Å²) in [6.07, 6.45) is 1.10. The molecule has 1 amide bonds. The molecule has 2 aromatic heterocycles. The van der Waals surface area contributed by atoms with Crippen molar-refractivity contribution in [3.8, 4) is 0 Å². The Kier molecular flexibility index (Phi) is 6.13. The van der Waals surface area contributed by atoms with Gasteiger partial charge in [-0.15, -0.1) is 0 Å². The van der Waals surface area contributed by atoms with Crippen LogP contribution in [0.15, 0.2) is 48.7 Å². The zero-order valence-corrected chi connectivity index (χ0v) is 16.9. The fourth-order valence-corrected chi connectivity index (χ4v) is 3.89. The van der Waals surface area contributed by atoms with Gasteiger partial charge in [0, 0.05) is 12.8 Å². The molecule has 1 fully saturated rings. The predicted molar refractivity (Wildman–Crippen MR) is 108 cm³/mol. The molecule has 1 aromatic carbocycles. The van der Waals surface area contributed by atoms with Gasteiger partial charge in [0.25, 0.3) is 0 Å². The second kappa shape index (κ2) is 8.97. The molecule has 3 aromatic rings. The number of imidazole rings is 1. The minimum absolute atomic E-state index is 0.106. The third kappa shape index (κ3) is 5.16. The van der Waals surface area contributed by atoms with Crippen LogP contribution < -0.4 is 5.32 Å². The Labute approximate surface area is 178 Å². The van der Waals surface area contributed by atoms with Crippen LogP contribution in [0, 0.1) is 5.92 Å². The molecule has 0 aliphatic heterocycles. The van der Waals surface area contributed by atoms with Crippen LogP contribution in [0.5, 0.6) is 0 Å². The molecule has 9 heteroatoms. The Hall–Kier alpha value is -3.07. The van der Waals surface area contributed by atoms with Crippen LogP contribution in [0.4, 0.5) is 13.6 Å². The molecule has 2 N–H and O–H groups in total.